The zero-order valence-electron chi connectivity index (χ0n) is 15.6. The van der Waals surface area contributed by atoms with E-state index in [1.807, 2.05) is 30.3 Å². The average Bonchev–Trinajstić information content (AvgIpc) is 2.70. The lowest BCUT2D eigenvalue weighted by molar-refractivity contribution is -0.126. The van der Waals surface area contributed by atoms with Crippen molar-refractivity contribution in [3.8, 4) is 0 Å². The monoisotopic (exact) mass is 404 g/mol. The van der Waals surface area contributed by atoms with Gasteiger partial charge in [0.2, 0.25) is 5.91 Å². The molecular formula is C22H26Cl2N2O. The molecular weight excluding hydrogens is 379 g/mol. The second kappa shape index (κ2) is 9.59. The molecule has 1 aliphatic heterocycles. The van der Waals surface area contributed by atoms with Crippen LogP contribution in [0.3, 0.4) is 0 Å². The van der Waals surface area contributed by atoms with Crippen LogP contribution in [0.25, 0.3) is 0 Å². The third-order valence-electron chi connectivity index (χ3n) is 5.33. The maximum Gasteiger partial charge on any atom is 0.223 e. The highest BCUT2D eigenvalue weighted by atomic mass is 35.5. The Bertz CT molecular complexity index is 758. The van der Waals surface area contributed by atoms with Crippen molar-refractivity contribution in [3.63, 3.8) is 0 Å². The highest BCUT2D eigenvalue weighted by molar-refractivity contribution is 6.42. The molecule has 0 unspecified atom stereocenters. The summed E-state index contributed by atoms with van der Waals surface area (Å²) in [5.41, 5.74) is 2.30. The Hall–Kier alpha value is -1.55. The predicted octanol–water partition coefficient (Wildman–Crippen LogP) is 5.13. The van der Waals surface area contributed by atoms with Crippen molar-refractivity contribution in [2.75, 3.05) is 19.6 Å². The molecule has 27 heavy (non-hydrogen) atoms. The largest absolute Gasteiger partial charge is 0.355 e. The molecule has 0 spiro atoms. The van der Waals surface area contributed by atoms with E-state index in [4.69, 9.17) is 23.2 Å². The van der Waals surface area contributed by atoms with E-state index in [1.165, 1.54) is 5.56 Å². The minimum Gasteiger partial charge on any atom is -0.355 e. The number of amides is 1. The molecule has 1 N–H and O–H groups in total. The standard InChI is InChI=1S/C22H26Cl2N2O/c1-16(17-6-3-2-4-7-17)14-25-22(27)18-10-12-26(13-11-18)15-19-8-5-9-20(23)21(19)24/h2-9,16,18H,10-15H2,1H3,(H,25,27)/t16-/m0/s1. The zero-order chi connectivity index (χ0) is 19.2. The van der Waals surface area contributed by atoms with E-state index in [0.717, 1.165) is 38.0 Å². The molecule has 0 aliphatic carbocycles. The average molecular weight is 405 g/mol. The Labute approximate surface area is 171 Å². The summed E-state index contributed by atoms with van der Waals surface area (Å²) in [4.78, 5) is 14.9. The SMILES string of the molecule is C[C@@H](CNC(=O)C1CCN(Cc2cccc(Cl)c2Cl)CC1)c1ccccc1. The fourth-order valence-electron chi connectivity index (χ4n) is 3.56. The maximum absolute atomic E-state index is 12.5. The Kier molecular flexibility index (Phi) is 7.17. The molecule has 3 nitrogen and oxygen atoms in total. The lowest BCUT2D eigenvalue weighted by atomic mass is 9.95. The number of likely N-dealkylation sites (tertiary alicyclic amines) is 1. The molecule has 1 heterocycles. The molecule has 1 amide bonds. The summed E-state index contributed by atoms with van der Waals surface area (Å²) in [7, 11) is 0. The summed E-state index contributed by atoms with van der Waals surface area (Å²) in [6.45, 7) is 5.40. The topological polar surface area (TPSA) is 32.3 Å². The van der Waals surface area contributed by atoms with Crippen molar-refractivity contribution in [2.24, 2.45) is 5.92 Å². The number of piperidine rings is 1. The first-order valence-corrected chi connectivity index (χ1v) is 10.3. The highest BCUT2D eigenvalue weighted by Crippen LogP contribution is 2.28. The van der Waals surface area contributed by atoms with Crippen molar-refractivity contribution >= 4 is 29.1 Å². The van der Waals surface area contributed by atoms with Crippen LogP contribution in [0.1, 0.15) is 36.8 Å². The van der Waals surface area contributed by atoms with Crippen molar-refractivity contribution in [1.82, 2.24) is 10.2 Å². The Morgan fingerprint density at radius 2 is 1.81 bits per heavy atom. The van der Waals surface area contributed by atoms with Gasteiger partial charge in [-0.05, 0) is 49.0 Å². The van der Waals surface area contributed by atoms with Crippen LogP contribution in [0.15, 0.2) is 48.5 Å². The molecule has 2 aromatic carbocycles. The quantitative estimate of drug-likeness (QED) is 0.723. The van der Waals surface area contributed by atoms with Crippen LogP contribution >= 0.6 is 23.2 Å². The highest BCUT2D eigenvalue weighted by Gasteiger charge is 2.25. The summed E-state index contributed by atoms with van der Waals surface area (Å²) in [6, 6.07) is 16.0. The van der Waals surface area contributed by atoms with Crippen molar-refractivity contribution in [2.45, 2.75) is 32.2 Å². The number of nitrogens with one attached hydrogen (secondary N) is 1. The minimum absolute atomic E-state index is 0.0963. The van der Waals surface area contributed by atoms with Gasteiger partial charge in [0.1, 0.15) is 0 Å². The molecule has 0 saturated carbocycles. The lowest BCUT2D eigenvalue weighted by Crippen LogP contribution is -2.41. The Morgan fingerprint density at radius 1 is 1.11 bits per heavy atom. The van der Waals surface area contributed by atoms with Gasteiger partial charge in [0.25, 0.3) is 0 Å². The van der Waals surface area contributed by atoms with Crippen LogP contribution in [0.2, 0.25) is 10.0 Å². The van der Waals surface area contributed by atoms with Crippen LogP contribution < -0.4 is 5.32 Å². The molecule has 0 aromatic heterocycles. The van der Waals surface area contributed by atoms with E-state index in [9.17, 15) is 4.79 Å². The molecule has 0 radical (unpaired) electrons. The number of hydrogen-bond acceptors (Lipinski definition) is 2. The number of halogens is 2. The second-order valence-electron chi connectivity index (χ2n) is 7.32. The number of carbonyl (C=O) groups excluding carboxylic acids is 1. The van der Waals surface area contributed by atoms with E-state index in [0.29, 0.717) is 22.5 Å². The minimum atomic E-state index is 0.0963. The number of rotatable bonds is 6. The molecule has 1 aliphatic rings. The van der Waals surface area contributed by atoms with Gasteiger partial charge in [-0.1, -0.05) is 72.6 Å². The molecule has 144 valence electrons. The fourth-order valence-corrected chi connectivity index (χ4v) is 3.94. The second-order valence-corrected chi connectivity index (χ2v) is 8.11. The van der Waals surface area contributed by atoms with Gasteiger partial charge >= 0.3 is 0 Å². The first-order valence-electron chi connectivity index (χ1n) is 9.52. The van der Waals surface area contributed by atoms with Crippen molar-refractivity contribution < 1.29 is 4.79 Å². The van der Waals surface area contributed by atoms with Gasteiger partial charge in [-0.15, -0.1) is 0 Å². The van der Waals surface area contributed by atoms with Gasteiger partial charge in [0, 0.05) is 19.0 Å². The normalized spacial score (nSPS) is 16.9. The summed E-state index contributed by atoms with van der Waals surface area (Å²) in [5, 5.41) is 4.36. The first-order chi connectivity index (χ1) is 13.0. The van der Waals surface area contributed by atoms with E-state index >= 15 is 0 Å². The van der Waals surface area contributed by atoms with Crippen LogP contribution in [-0.4, -0.2) is 30.4 Å². The molecule has 3 rings (SSSR count). The summed E-state index contributed by atoms with van der Waals surface area (Å²) < 4.78 is 0. The molecule has 1 fully saturated rings. The molecule has 1 saturated heterocycles. The predicted molar refractivity (Wildman–Crippen MR) is 112 cm³/mol. The van der Waals surface area contributed by atoms with E-state index in [2.05, 4.69) is 29.3 Å². The van der Waals surface area contributed by atoms with Crippen LogP contribution in [0.5, 0.6) is 0 Å². The fraction of sp³-hybridized carbons (Fsp3) is 0.409. The van der Waals surface area contributed by atoms with Crippen molar-refractivity contribution in [3.05, 3.63) is 69.7 Å². The van der Waals surface area contributed by atoms with Gasteiger partial charge < -0.3 is 5.32 Å². The van der Waals surface area contributed by atoms with Gasteiger partial charge in [-0.2, -0.15) is 0 Å². The van der Waals surface area contributed by atoms with Gasteiger partial charge in [0.05, 0.1) is 10.0 Å². The Balaban J connectivity index is 1.44. The van der Waals surface area contributed by atoms with Gasteiger partial charge in [-0.3, -0.25) is 9.69 Å². The van der Waals surface area contributed by atoms with Crippen LogP contribution in [0, 0.1) is 5.92 Å². The molecule has 5 heteroatoms. The third-order valence-corrected chi connectivity index (χ3v) is 6.19. The van der Waals surface area contributed by atoms with Crippen LogP contribution in [-0.2, 0) is 11.3 Å². The summed E-state index contributed by atoms with van der Waals surface area (Å²) >= 11 is 12.4. The van der Waals surface area contributed by atoms with E-state index in [1.54, 1.807) is 6.07 Å². The molecule has 0 bridgehead atoms. The smallest absolute Gasteiger partial charge is 0.223 e. The van der Waals surface area contributed by atoms with Crippen LogP contribution in [0.4, 0.5) is 0 Å². The zero-order valence-corrected chi connectivity index (χ0v) is 17.1. The summed E-state index contributed by atoms with van der Waals surface area (Å²) in [5.74, 6) is 0.595. The lowest BCUT2D eigenvalue weighted by Gasteiger charge is -2.31. The number of benzene rings is 2. The number of nitrogens with zero attached hydrogens (tertiary/aromatic N) is 1. The van der Waals surface area contributed by atoms with Crippen molar-refractivity contribution in [1.29, 1.82) is 0 Å². The molecule has 2 aromatic rings. The molecule has 1 atom stereocenters. The first kappa shape index (κ1) is 20.2. The van der Waals surface area contributed by atoms with Gasteiger partial charge in [-0.25, -0.2) is 0 Å². The summed E-state index contributed by atoms with van der Waals surface area (Å²) in [6.07, 6.45) is 1.76. The number of carbonyl (C=O) groups is 1. The van der Waals surface area contributed by atoms with E-state index < -0.39 is 0 Å². The maximum atomic E-state index is 12.5. The Morgan fingerprint density at radius 3 is 2.52 bits per heavy atom. The van der Waals surface area contributed by atoms with Gasteiger partial charge in [0.15, 0.2) is 0 Å². The third kappa shape index (κ3) is 5.47. The van der Waals surface area contributed by atoms with E-state index in [-0.39, 0.29) is 11.8 Å². The number of hydrogen-bond donors (Lipinski definition) is 1.